The summed E-state index contributed by atoms with van der Waals surface area (Å²) in [6.45, 7) is 9.79. The van der Waals surface area contributed by atoms with Gasteiger partial charge in [-0.15, -0.1) is 0 Å². The van der Waals surface area contributed by atoms with Crippen LogP contribution in [-0.2, 0) is 0 Å². The number of aromatic nitrogens is 2. The zero-order valence-corrected chi connectivity index (χ0v) is 12.4. The van der Waals surface area contributed by atoms with E-state index >= 15 is 0 Å². The van der Waals surface area contributed by atoms with Crippen LogP contribution in [0.1, 0.15) is 37.2 Å². The van der Waals surface area contributed by atoms with Gasteiger partial charge in [0.15, 0.2) is 5.16 Å². The molecule has 1 aromatic heterocycles. The van der Waals surface area contributed by atoms with Crippen molar-refractivity contribution in [2.24, 2.45) is 5.73 Å². The monoisotopic (exact) mass is 264 g/mol. The molecule has 0 aliphatic rings. The van der Waals surface area contributed by atoms with Gasteiger partial charge in [-0.05, 0) is 39.7 Å². The number of nitrogens with zero attached hydrogens (tertiary/aromatic N) is 3. The van der Waals surface area contributed by atoms with Gasteiger partial charge in [0, 0.05) is 16.6 Å². The van der Waals surface area contributed by atoms with Crippen molar-refractivity contribution in [3.05, 3.63) is 17.0 Å². The minimum atomic E-state index is -0.790. The Bertz CT molecular complexity index is 453. The van der Waals surface area contributed by atoms with E-state index in [1.54, 1.807) is 18.7 Å². The summed E-state index contributed by atoms with van der Waals surface area (Å²) in [7, 11) is 0. The van der Waals surface area contributed by atoms with Gasteiger partial charge in [0.2, 0.25) is 0 Å². The number of thioether (sulfide) groups is 1. The zero-order chi connectivity index (χ0) is 13.9. The van der Waals surface area contributed by atoms with Gasteiger partial charge in [-0.1, -0.05) is 18.7 Å². The molecule has 4 nitrogen and oxygen atoms in total. The van der Waals surface area contributed by atoms with E-state index in [2.05, 4.69) is 16.0 Å². The molecule has 18 heavy (non-hydrogen) atoms. The van der Waals surface area contributed by atoms with Crippen LogP contribution in [0, 0.1) is 32.1 Å². The first kappa shape index (κ1) is 14.9. The topological polar surface area (TPSA) is 75.6 Å². The Labute approximate surface area is 113 Å². The Morgan fingerprint density at radius 2 is 1.83 bits per heavy atom. The summed E-state index contributed by atoms with van der Waals surface area (Å²) in [5.41, 5.74) is 8.20. The van der Waals surface area contributed by atoms with Crippen molar-refractivity contribution in [2.75, 3.05) is 0 Å². The van der Waals surface area contributed by atoms with Gasteiger partial charge in [0.05, 0.1) is 6.07 Å². The van der Waals surface area contributed by atoms with E-state index in [0.717, 1.165) is 22.1 Å². The predicted octanol–water partition coefficient (Wildman–Crippen LogP) is 2.51. The molecule has 1 rings (SSSR count). The Kier molecular flexibility index (Phi) is 4.71. The lowest BCUT2D eigenvalue weighted by Crippen LogP contribution is -2.36. The highest BCUT2D eigenvalue weighted by Gasteiger charge is 2.22. The summed E-state index contributed by atoms with van der Waals surface area (Å²) in [6, 6.07) is 2.11. The predicted molar refractivity (Wildman–Crippen MR) is 74.4 cm³/mol. The highest BCUT2D eigenvalue weighted by atomic mass is 32.2. The van der Waals surface area contributed by atoms with Gasteiger partial charge in [0.1, 0.15) is 5.54 Å². The molecule has 0 aliphatic carbocycles. The molecule has 0 radical (unpaired) electrons. The third-order valence-corrected chi connectivity index (χ3v) is 3.85. The molecule has 2 unspecified atom stereocenters. The van der Waals surface area contributed by atoms with Crippen LogP contribution in [0.15, 0.2) is 5.16 Å². The van der Waals surface area contributed by atoms with E-state index in [-0.39, 0.29) is 5.25 Å². The summed E-state index contributed by atoms with van der Waals surface area (Å²) in [5, 5.41) is 9.89. The molecule has 1 heterocycles. The van der Waals surface area contributed by atoms with Crippen molar-refractivity contribution < 1.29 is 0 Å². The van der Waals surface area contributed by atoms with Crippen molar-refractivity contribution in [2.45, 2.75) is 57.0 Å². The van der Waals surface area contributed by atoms with Gasteiger partial charge in [0.25, 0.3) is 0 Å². The first-order valence-corrected chi connectivity index (χ1v) is 6.82. The van der Waals surface area contributed by atoms with Crippen LogP contribution >= 0.6 is 11.8 Å². The highest BCUT2D eigenvalue weighted by Crippen LogP contribution is 2.26. The van der Waals surface area contributed by atoms with Gasteiger partial charge < -0.3 is 5.73 Å². The fraction of sp³-hybridized carbons (Fsp3) is 0.615. The van der Waals surface area contributed by atoms with Crippen LogP contribution in [-0.4, -0.2) is 20.8 Å². The van der Waals surface area contributed by atoms with Crippen LogP contribution < -0.4 is 5.73 Å². The lowest BCUT2D eigenvalue weighted by Gasteiger charge is -2.19. The maximum absolute atomic E-state index is 8.92. The lowest BCUT2D eigenvalue weighted by molar-refractivity contribution is 0.545. The first-order chi connectivity index (χ1) is 8.25. The highest BCUT2D eigenvalue weighted by molar-refractivity contribution is 7.99. The van der Waals surface area contributed by atoms with Gasteiger partial charge in [-0.3, -0.25) is 0 Å². The Hall–Kier alpha value is -1.12. The van der Waals surface area contributed by atoms with Crippen LogP contribution in [0.4, 0.5) is 0 Å². The molecule has 1 aromatic rings. The van der Waals surface area contributed by atoms with Gasteiger partial charge in [-0.25, -0.2) is 9.97 Å². The van der Waals surface area contributed by atoms with E-state index < -0.39 is 5.54 Å². The summed E-state index contributed by atoms with van der Waals surface area (Å²) >= 11 is 1.57. The van der Waals surface area contributed by atoms with Gasteiger partial charge >= 0.3 is 0 Å². The third kappa shape index (κ3) is 3.97. The fourth-order valence-corrected chi connectivity index (χ4v) is 2.83. The maximum atomic E-state index is 8.92. The molecular formula is C13H20N4S. The fourth-order valence-electron chi connectivity index (χ4n) is 1.66. The molecule has 0 bridgehead atoms. The van der Waals surface area contributed by atoms with Gasteiger partial charge in [-0.2, -0.15) is 5.26 Å². The smallest absolute Gasteiger partial charge is 0.188 e. The Balaban J connectivity index is 2.77. The Morgan fingerprint density at radius 3 is 2.28 bits per heavy atom. The average molecular weight is 264 g/mol. The molecule has 2 atom stereocenters. The molecule has 0 fully saturated rings. The number of nitrogens with two attached hydrogens (primary N) is 1. The largest absolute Gasteiger partial charge is 0.314 e. The van der Waals surface area contributed by atoms with E-state index in [1.807, 2.05) is 27.7 Å². The normalized spacial score (nSPS) is 15.8. The second-order valence-corrected chi connectivity index (χ2v) is 6.37. The molecule has 5 heteroatoms. The minimum absolute atomic E-state index is 0.209. The van der Waals surface area contributed by atoms with Crippen molar-refractivity contribution in [3.8, 4) is 6.07 Å². The van der Waals surface area contributed by atoms with E-state index in [0.29, 0.717) is 6.42 Å². The number of rotatable bonds is 4. The molecular weight excluding hydrogens is 244 g/mol. The molecule has 0 aromatic carbocycles. The van der Waals surface area contributed by atoms with E-state index in [1.165, 1.54) is 0 Å². The summed E-state index contributed by atoms with van der Waals surface area (Å²) in [6.07, 6.45) is 0.615. The zero-order valence-electron chi connectivity index (χ0n) is 11.6. The SMILES string of the molecule is Cc1nc(SC(C)CC(C)(N)C#N)nc(C)c1C. The minimum Gasteiger partial charge on any atom is -0.314 e. The van der Waals surface area contributed by atoms with E-state index in [9.17, 15) is 0 Å². The van der Waals surface area contributed by atoms with E-state index in [4.69, 9.17) is 11.0 Å². The summed E-state index contributed by atoms with van der Waals surface area (Å²) in [4.78, 5) is 8.91. The molecule has 0 amide bonds. The van der Waals surface area contributed by atoms with Crippen LogP contribution in [0.3, 0.4) is 0 Å². The standard InChI is InChI=1S/C13H20N4S/c1-8(6-13(5,15)7-14)18-12-16-10(3)9(2)11(4)17-12/h8H,6,15H2,1-5H3. The molecule has 0 aliphatic heterocycles. The average Bonchev–Trinajstić information content (AvgIpc) is 2.25. The number of hydrogen-bond acceptors (Lipinski definition) is 5. The second-order valence-electron chi connectivity index (χ2n) is 4.96. The van der Waals surface area contributed by atoms with Crippen LogP contribution in [0.5, 0.6) is 0 Å². The maximum Gasteiger partial charge on any atom is 0.188 e. The summed E-state index contributed by atoms with van der Waals surface area (Å²) in [5.74, 6) is 0. The van der Waals surface area contributed by atoms with Crippen molar-refractivity contribution in [1.29, 1.82) is 5.26 Å². The quantitative estimate of drug-likeness (QED) is 0.668. The molecule has 0 saturated heterocycles. The second kappa shape index (κ2) is 5.68. The van der Waals surface area contributed by atoms with Crippen LogP contribution in [0.25, 0.3) is 0 Å². The number of hydrogen-bond donors (Lipinski definition) is 1. The number of nitriles is 1. The lowest BCUT2D eigenvalue weighted by atomic mass is 10.00. The molecule has 0 saturated carbocycles. The van der Waals surface area contributed by atoms with Crippen molar-refractivity contribution in [1.82, 2.24) is 9.97 Å². The summed E-state index contributed by atoms with van der Waals surface area (Å²) < 4.78 is 0. The molecule has 0 spiro atoms. The molecule has 2 N–H and O–H groups in total. The van der Waals surface area contributed by atoms with Crippen molar-refractivity contribution in [3.63, 3.8) is 0 Å². The first-order valence-electron chi connectivity index (χ1n) is 5.94. The Morgan fingerprint density at radius 1 is 1.33 bits per heavy atom. The number of aryl methyl sites for hydroxylation is 2. The van der Waals surface area contributed by atoms with Crippen LogP contribution in [0.2, 0.25) is 0 Å². The third-order valence-electron chi connectivity index (χ3n) is 2.89. The van der Waals surface area contributed by atoms with Crippen molar-refractivity contribution >= 4 is 11.8 Å². The molecule has 98 valence electrons.